The second-order valence-electron chi connectivity index (χ2n) is 4.15. The van der Waals surface area contributed by atoms with Crippen molar-refractivity contribution in [3.05, 3.63) is 16.3 Å². The maximum absolute atomic E-state index is 11.9. The van der Waals surface area contributed by atoms with Gasteiger partial charge in [0.1, 0.15) is 13.2 Å². The first-order valence-corrected chi connectivity index (χ1v) is 6.42. The van der Waals surface area contributed by atoms with Crippen LogP contribution in [-0.4, -0.2) is 22.9 Å². The smallest absolute Gasteiger partial charge is 0.390 e. The lowest BCUT2D eigenvalue weighted by atomic mass is 10.1. The highest BCUT2D eigenvalue weighted by atomic mass is 32.1. The maximum Gasteiger partial charge on any atom is 0.411 e. The number of nitrogens with two attached hydrogens (primary N) is 1. The molecule has 110 valence electrons. The molecule has 2 aromatic rings. The molecule has 0 amide bonds. The molecule has 0 aliphatic rings. The van der Waals surface area contributed by atoms with E-state index in [0.29, 0.717) is 10.6 Å². The topological polar surface area (TPSA) is 74.2 Å². The van der Waals surface area contributed by atoms with Crippen LogP contribution in [0.25, 0.3) is 11.5 Å². The summed E-state index contributed by atoms with van der Waals surface area (Å²) in [6.45, 7) is 2.05. The molecule has 0 radical (unpaired) electrons. The van der Waals surface area contributed by atoms with E-state index in [-0.39, 0.29) is 18.3 Å². The number of anilines is 1. The van der Waals surface area contributed by atoms with Gasteiger partial charge in [-0.3, -0.25) is 0 Å². The second-order valence-corrected chi connectivity index (χ2v) is 5.40. The van der Waals surface area contributed by atoms with Gasteiger partial charge in [0.2, 0.25) is 0 Å². The Bertz CT molecular complexity index is 607. The second kappa shape index (κ2) is 5.41. The Morgan fingerprint density at radius 2 is 2.05 bits per heavy atom. The molecule has 0 atom stereocenters. The molecular weight excluding hydrogens is 295 g/mol. The Morgan fingerprint density at radius 3 is 2.60 bits per heavy atom. The highest BCUT2D eigenvalue weighted by Gasteiger charge is 2.28. The van der Waals surface area contributed by atoms with Gasteiger partial charge in [-0.25, -0.2) is 0 Å². The van der Waals surface area contributed by atoms with E-state index in [4.69, 9.17) is 10.3 Å². The summed E-state index contributed by atoms with van der Waals surface area (Å²) in [4.78, 5) is 5.01. The number of thiophene rings is 1. The van der Waals surface area contributed by atoms with Gasteiger partial charge in [0.25, 0.3) is 5.89 Å². The molecular formula is C11H12F3N3O2S. The average molecular weight is 307 g/mol. The fraction of sp³-hybridized carbons (Fsp3) is 0.455. The molecule has 2 N–H and O–H groups in total. The molecule has 0 aliphatic heterocycles. The molecule has 0 aliphatic carbocycles. The van der Waals surface area contributed by atoms with Gasteiger partial charge in [-0.05, 0) is 19.4 Å². The SMILES string of the molecule is Cc1sc(N)c(-c2nc(COCC(F)(F)F)no2)c1C. The summed E-state index contributed by atoms with van der Waals surface area (Å²) < 4.78 is 45.3. The summed E-state index contributed by atoms with van der Waals surface area (Å²) in [5.74, 6) is 0.238. The first kappa shape index (κ1) is 14.8. The van der Waals surface area contributed by atoms with E-state index in [1.165, 1.54) is 11.3 Å². The Kier molecular flexibility index (Phi) is 4.00. The Hall–Kier alpha value is -1.61. The average Bonchev–Trinajstić information content (AvgIpc) is 2.84. The highest BCUT2D eigenvalue weighted by molar-refractivity contribution is 7.16. The molecule has 0 bridgehead atoms. The molecule has 0 saturated heterocycles. The molecule has 20 heavy (non-hydrogen) atoms. The van der Waals surface area contributed by atoms with Crippen molar-refractivity contribution in [2.45, 2.75) is 26.6 Å². The third-order valence-corrected chi connectivity index (χ3v) is 3.63. The predicted octanol–water partition coefficient (Wildman–Crippen LogP) is 3.08. The van der Waals surface area contributed by atoms with Crippen molar-refractivity contribution in [1.82, 2.24) is 10.1 Å². The fourth-order valence-electron chi connectivity index (χ4n) is 1.59. The number of rotatable bonds is 4. The number of aryl methyl sites for hydroxylation is 1. The summed E-state index contributed by atoms with van der Waals surface area (Å²) >= 11 is 1.39. The zero-order valence-electron chi connectivity index (χ0n) is 10.7. The van der Waals surface area contributed by atoms with Gasteiger partial charge in [0.05, 0.1) is 10.6 Å². The van der Waals surface area contributed by atoms with Gasteiger partial charge in [0.15, 0.2) is 5.82 Å². The highest BCUT2D eigenvalue weighted by Crippen LogP contribution is 2.37. The van der Waals surface area contributed by atoms with Crippen LogP contribution in [0.4, 0.5) is 18.2 Å². The van der Waals surface area contributed by atoms with E-state index < -0.39 is 12.8 Å². The number of alkyl halides is 3. The van der Waals surface area contributed by atoms with Crippen molar-refractivity contribution in [2.24, 2.45) is 0 Å². The summed E-state index contributed by atoms with van der Waals surface area (Å²) in [5, 5.41) is 4.11. The normalized spacial score (nSPS) is 12.1. The molecule has 0 saturated carbocycles. The van der Waals surface area contributed by atoms with E-state index in [2.05, 4.69) is 14.9 Å². The molecule has 2 rings (SSSR count). The third-order valence-electron chi connectivity index (χ3n) is 2.59. The van der Waals surface area contributed by atoms with Gasteiger partial charge < -0.3 is 15.0 Å². The number of halogens is 3. The van der Waals surface area contributed by atoms with Crippen LogP contribution in [0.1, 0.15) is 16.3 Å². The molecule has 9 heteroatoms. The molecule has 5 nitrogen and oxygen atoms in total. The minimum absolute atomic E-state index is 0.0481. The standard InChI is InChI=1S/C11H12F3N3O2S/c1-5-6(2)20-9(15)8(5)10-16-7(17-19-10)3-18-4-11(12,13)14/h3-4,15H2,1-2H3. The zero-order valence-corrected chi connectivity index (χ0v) is 11.6. The molecule has 0 spiro atoms. The van der Waals surface area contributed by atoms with E-state index in [0.717, 1.165) is 10.4 Å². The zero-order chi connectivity index (χ0) is 14.9. The lowest BCUT2D eigenvalue weighted by molar-refractivity contribution is -0.177. The number of hydrogen-bond acceptors (Lipinski definition) is 6. The Morgan fingerprint density at radius 1 is 1.35 bits per heavy atom. The molecule has 2 aromatic heterocycles. The van der Waals surface area contributed by atoms with Crippen molar-refractivity contribution in [2.75, 3.05) is 12.3 Å². The van der Waals surface area contributed by atoms with Crippen LogP contribution in [-0.2, 0) is 11.3 Å². The summed E-state index contributed by atoms with van der Waals surface area (Å²) in [5.41, 5.74) is 7.39. The lowest BCUT2D eigenvalue weighted by Crippen LogP contribution is -2.16. The van der Waals surface area contributed by atoms with E-state index in [1.807, 2.05) is 13.8 Å². The quantitative estimate of drug-likeness (QED) is 0.939. The van der Waals surface area contributed by atoms with Crippen LogP contribution in [0.2, 0.25) is 0 Å². The van der Waals surface area contributed by atoms with Crippen LogP contribution in [0.5, 0.6) is 0 Å². The third kappa shape index (κ3) is 3.28. The number of nitrogen functional groups attached to an aromatic ring is 1. The number of nitrogens with zero attached hydrogens (tertiary/aromatic N) is 2. The van der Waals surface area contributed by atoms with Crippen LogP contribution >= 0.6 is 11.3 Å². The number of ether oxygens (including phenoxy) is 1. The van der Waals surface area contributed by atoms with Crippen molar-refractivity contribution < 1.29 is 22.4 Å². The summed E-state index contributed by atoms with van der Waals surface area (Å²) in [6.07, 6.45) is -4.38. The lowest BCUT2D eigenvalue weighted by Gasteiger charge is -2.04. The van der Waals surface area contributed by atoms with Crippen LogP contribution in [0.3, 0.4) is 0 Å². The van der Waals surface area contributed by atoms with Gasteiger partial charge in [-0.15, -0.1) is 11.3 Å². The monoisotopic (exact) mass is 307 g/mol. The van der Waals surface area contributed by atoms with Crippen molar-refractivity contribution in [1.29, 1.82) is 0 Å². The van der Waals surface area contributed by atoms with Gasteiger partial charge in [0, 0.05) is 4.88 Å². The fourth-order valence-corrected chi connectivity index (χ4v) is 2.52. The molecule has 0 unspecified atom stereocenters. The van der Waals surface area contributed by atoms with Crippen molar-refractivity contribution >= 4 is 16.3 Å². The van der Waals surface area contributed by atoms with E-state index in [9.17, 15) is 13.2 Å². The predicted molar refractivity (Wildman–Crippen MR) is 67.2 cm³/mol. The first-order chi connectivity index (χ1) is 9.28. The number of aromatic nitrogens is 2. The van der Waals surface area contributed by atoms with E-state index >= 15 is 0 Å². The first-order valence-electron chi connectivity index (χ1n) is 5.61. The number of hydrogen-bond donors (Lipinski definition) is 1. The van der Waals surface area contributed by atoms with Crippen LogP contribution in [0, 0.1) is 13.8 Å². The largest absolute Gasteiger partial charge is 0.411 e. The van der Waals surface area contributed by atoms with Crippen LogP contribution < -0.4 is 5.73 Å². The van der Waals surface area contributed by atoms with Crippen molar-refractivity contribution in [3.63, 3.8) is 0 Å². The van der Waals surface area contributed by atoms with Crippen molar-refractivity contribution in [3.8, 4) is 11.5 Å². The summed E-state index contributed by atoms with van der Waals surface area (Å²) in [6, 6.07) is 0. The van der Waals surface area contributed by atoms with E-state index in [1.54, 1.807) is 0 Å². The maximum atomic E-state index is 11.9. The Labute approximate surface area is 116 Å². The minimum atomic E-state index is -4.38. The van der Waals surface area contributed by atoms with Crippen LogP contribution in [0.15, 0.2) is 4.52 Å². The minimum Gasteiger partial charge on any atom is -0.390 e. The van der Waals surface area contributed by atoms with Gasteiger partial charge >= 0.3 is 6.18 Å². The Balaban J connectivity index is 2.09. The molecule has 2 heterocycles. The van der Waals surface area contributed by atoms with Gasteiger partial charge in [-0.2, -0.15) is 18.2 Å². The molecule has 0 aromatic carbocycles. The molecule has 0 fully saturated rings. The van der Waals surface area contributed by atoms with Gasteiger partial charge in [-0.1, -0.05) is 5.16 Å². The summed E-state index contributed by atoms with van der Waals surface area (Å²) in [7, 11) is 0.